The molecule has 0 saturated heterocycles. The predicted molar refractivity (Wildman–Crippen MR) is 98.2 cm³/mol. The zero-order valence-electron chi connectivity index (χ0n) is 13.3. The van der Waals surface area contributed by atoms with E-state index in [0.717, 1.165) is 32.7 Å². The lowest BCUT2D eigenvalue weighted by atomic mass is 9.88. The summed E-state index contributed by atoms with van der Waals surface area (Å²) in [6.07, 6.45) is 0. The molecule has 4 aromatic carbocycles. The normalized spacial score (nSPS) is 10.9. The van der Waals surface area contributed by atoms with E-state index in [1.54, 1.807) is 0 Å². The fourth-order valence-corrected chi connectivity index (χ4v) is 3.36. The summed E-state index contributed by atoms with van der Waals surface area (Å²) in [5.41, 5.74) is 2.56. The van der Waals surface area contributed by atoms with Gasteiger partial charge in [-0.1, -0.05) is 78.9 Å². The Balaban J connectivity index is 2.28. The molecular weight excluding hydrogens is 296 g/mol. The van der Waals surface area contributed by atoms with Crippen LogP contribution in [0.25, 0.3) is 32.7 Å². The lowest BCUT2D eigenvalue weighted by Crippen LogP contribution is -2.05. The molecular formula is C22H16O2. The van der Waals surface area contributed by atoms with E-state index in [9.17, 15) is 4.79 Å². The van der Waals surface area contributed by atoms with Crippen molar-refractivity contribution in [1.29, 1.82) is 0 Å². The molecule has 0 N–H and O–H groups in total. The van der Waals surface area contributed by atoms with Crippen LogP contribution in [0.15, 0.2) is 78.9 Å². The summed E-state index contributed by atoms with van der Waals surface area (Å²) in [6, 6.07) is 26.2. The second-order valence-corrected chi connectivity index (χ2v) is 5.70. The van der Waals surface area contributed by atoms with Crippen LogP contribution in [-0.4, -0.2) is 13.1 Å². The Bertz CT molecular complexity index is 1050. The van der Waals surface area contributed by atoms with Gasteiger partial charge in [0.2, 0.25) is 0 Å². The van der Waals surface area contributed by atoms with Gasteiger partial charge in [0, 0.05) is 5.56 Å². The van der Waals surface area contributed by atoms with Crippen molar-refractivity contribution in [3.63, 3.8) is 0 Å². The summed E-state index contributed by atoms with van der Waals surface area (Å²) in [7, 11) is 1.43. The topological polar surface area (TPSA) is 26.3 Å². The van der Waals surface area contributed by atoms with E-state index < -0.39 is 0 Å². The third-order valence-electron chi connectivity index (χ3n) is 4.38. The Hall–Kier alpha value is -3.13. The van der Waals surface area contributed by atoms with Crippen LogP contribution in [0.5, 0.6) is 0 Å². The molecule has 0 aliphatic rings. The van der Waals surface area contributed by atoms with Crippen LogP contribution in [0.3, 0.4) is 0 Å². The Kier molecular flexibility index (Phi) is 3.51. The molecule has 0 amide bonds. The summed E-state index contributed by atoms with van der Waals surface area (Å²) >= 11 is 0. The standard InChI is InChI=1S/C22H16O2/c1-24-22(23)21-19-14-8-6-12-17(19)16-11-5-7-13-18(16)20(21)15-9-3-2-4-10-15/h2-14H,1H3. The van der Waals surface area contributed by atoms with E-state index in [4.69, 9.17) is 4.74 Å². The van der Waals surface area contributed by atoms with Gasteiger partial charge >= 0.3 is 5.97 Å². The zero-order chi connectivity index (χ0) is 16.5. The molecule has 0 atom stereocenters. The highest BCUT2D eigenvalue weighted by molar-refractivity contribution is 6.23. The molecule has 2 heteroatoms. The van der Waals surface area contributed by atoms with Gasteiger partial charge in [0.25, 0.3) is 0 Å². The first kappa shape index (κ1) is 14.5. The summed E-state index contributed by atoms with van der Waals surface area (Å²) in [4.78, 5) is 12.6. The van der Waals surface area contributed by atoms with Gasteiger partial charge in [0.15, 0.2) is 0 Å². The Labute approximate surface area is 140 Å². The number of benzene rings is 4. The third kappa shape index (κ3) is 2.16. The van der Waals surface area contributed by atoms with Crippen LogP contribution in [-0.2, 0) is 4.74 Å². The molecule has 24 heavy (non-hydrogen) atoms. The quantitative estimate of drug-likeness (QED) is 0.363. The van der Waals surface area contributed by atoms with Crippen molar-refractivity contribution in [2.75, 3.05) is 7.11 Å². The fraction of sp³-hybridized carbons (Fsp3) is 0.0455. The van der Waals surface area contributed by atoms with E-state index in [2.05, 4.69) is 18.2 Å². The van der Waals surface area contributed by atoms with Gasteiger partial charge in [0.1, 0.15) is 0 Å². The number of carbonyl (C=O) groups is 1. The van der Waals surface area contributed by atoms with Crippen molar-refractivity contribution in [3.8, 4) is 11.1 Å². The number of hydrogen-bond acceptors (Lipinski definition) is 2. The second-order valence-electron chi connectivity index (χ2n) is 5.70. The maximum Gasteiger partial charge on any atom is 0.339 e. The van der Waals surface area contributed by atoms with E-state index >= 15 is 0 Å². The maximum absolute atomic E-state index is 12.6. The summed E-state index contributed by atoms with van der Waals surface area (Å²) in [6.45, 7) is 0. The second kappa shape index (κ2) is 5.82. The number of rotatable bonds is 2. The molecule has 4 aromatic rings. The molecule has 4 rings (SSSR count). The van der Waals surface area contributed by atoms with Crippen LogP contribution in [0.4, 0.5) is 0 Å². The number of fused-ring (bicyclic) bond motifs is 3. The van der Waals surface area contributed by atoms with Crippen LogP contribution >= 0.6 is 0 Å². The number of ether oxygens (including phenoxy) is 1. The number of carbonyl (C=O) groups excluding carboxylic acids is 1. The van der Waals surface area contributed by atoms with Gasteiger partial charge in [-0.2, -0.15) is 0 Å². The minimum Gasteiger partial charge on any atom is -0.465 e. The molecule has 0 heterocycles. The highest BCUT2D eigenvalue weighted by atomic mass is 16.5. The summed E-state index contributed by atoms with van der Waals surface area (Å²) < 4.78 is 5.12. The maximum atomic E-state index is 12.6. The molecule has 0 fully saturated rings. The number of methoxy groups -OCH3 is 1. The molecule has 0 aliphatic heterocycles. The molecule has 116 valence electrons. The van der Waals surface area contributed by atoms with Gasteiger partial charge in [-0.15, -0.1) is 0 Å². The highest BCUT2D eigenvalue weighted by Crippen LogP contribution is 2.39. The van der Waals surface area contributed by atoms with Crippen LogP contribution in [0.2, 0.25) is 0 Å². The lowest BCUT2D eigenvalue weighted by molar-refractivity contribution is 0.0604. The molecule has 0 aliphatic carbocycles. The third-order valence-corrected chi connectivity index (χ3v) is 4.38. The van der Waals surface area contributed by atoms with Crippen LogP contribution in [0.1, 0.15) is 10.4 Å². The molecule has 0 saturated carbocycles. The smallest absolute Gasteiger partial charge is 0.339 e. The molecule has 2 nitrogen and oxygen atoms in total. The molecule has 0 bridgehead atoms. The molecule has 0 radical (unpaired) electrons. The number of esters is 1. The fourth-order valence-electron chi connectivity index (χ4n) is 3.36. The van der Waals surface area contributed by atoms with E-state index in [1.807, 2.05) is 60.7 Å². The summed E-state index contributed by atoms with van der Waals surface area (Å²) in [5, 5.41) is 4.18. The minimum absolute atomic E-state index is 0.309. The minimum atomic E-state index is -0.309. The average molecular weight is 312 g/mol. The Morgan fingerprint density at radius 2 is 1.17 bits per heavy atom. The first-order valence-electron chi connectivity index (χ1n) is 7.88. The van der Waals surface area contributed by atoms with E-state index in [-0.39, 0.29) is 5.97 Å². The largest absolute Gasteiger partial charge is 0.465 e. The molecule has 0 unspecified atom stereocenters. The van der Waals surface area contributed by atoms with Crippen LogP contribution < -0.4 is 0 Å². The molecule has 0 spiro atoms. The van der Waals surface area contributed by atoms with Crippen molar-refractivity contribution < 1.29 is 9.53 Å². The van der Waals surface area contributed by atoms with Gasteiger partial charge < -0.3 is 4.74 Å². The number of hydrogen-bond donors (Lipinski definition) is 0. The van der Waals surface area contributed by atoms with Gasteiger partial charge in [0.05, 0.1) is 12.7 Å². The van der Waals surface area contributed by atoms with Gasteiger partial charge in [-0.25, -0.2) is 4.79 Å². The van der Waals surface area contributed by atoms with Crippen molar-refractivity contribution >= 4 is 27.5 Å². The van der Waals surface area contributed by atoms with E-state index in [0.29, 0.717) is 5.56 Å². The van der Waals surface area contributed by atoms with Gasteiger partial charge in [-0.05, 0) is 27.1 Å². The van der Waals surface area contributed by atoms with Crippen LogP contribution in [0, 0.1) is 0 Å². The predicted octanol–water partition coefficient (Wildman–Crippen LogP) is 5.45. The van der Waals surface area contributed by atoms with Gasteiger partial charge in [-0.3, -0.25) is 0 Å². The van der Waals surface area contributed by atoms with Crippen molar-refractivity contribution in [1.82, 2.24) is 0 Å². The van der Waals surface area contributed by atoms with Crippen molar-refractivity contribution in [2.45, 2.75) is 0 Å². The monoisotopic (exact) mass is 312 g/mol. The lowest BCUT2D eigenvalue weighted by Gasteiger charge is -2.16. The van der Waals surface area contributed by atoms with E-state index in [1.165, 1.54) is 7.11 Å². The first-order chi connectivity index (χ1) is 11.8. The van der Waals surface area contributed by atoms with Crippen molar-refractivity contribution in [2.24, 2.45) is 0 Å². The average Bonchev–Trinajstić information content (AvgIpc) is 2.67. The zero-order valence-corrected chi connectivity index (χ0v) is 13.3. The molecule has 0 aromatic heterocycles. The van der Waals surface area contributed by atoms with Crippen molar-refractivity contribution in [3.05, 3.63) is 84.4 Å². The Morgan fingerprint density at radius 1 is 0.667 bits per heavy atom. The summed E-state index contributed by atoms with van der Waals surface area (Å²) in [5.74, 6) is -0.309. The first-order valence-corrected chi connectivity index (χ1v) is 7.88. The highest BCUT2D eigenvalue weighted by Gasteiger charge is 2.21. The Morgan fingerprint density at radius 3 is 1.79 bits per heavy atom. The SMILES string of the molecule is COC(=O)c1c(-c2ccccc2)c2ccccc2c2ccccc12.